The summed E-state index contributed by atoms with van der Waals surface area (Å²) >= 11 is 0. The second kappa shape index (κ2) is 9.15. The predicted octanol–water partition coefficient (Wildman–Crippen LogP) is 5.07. The maximum Gasteiger partial charge on any atom is 0.309 e. The van der Waals surface area contributed by atoms with Crippen molar-refractivity contribution in [2.75, 3.05) is 0 Å². The summed E-state index contributed by atoms with van der Waals surface area (Å²) in [5.74, 6) is 0. The summed E-state index contributed by atoms with van der Waals surface area (Å²) in [5, 5.41) is 15.7. The summed E-state index contributed by atoms with van der Waals surface area (Å²) in [5.41, 5.74) is 4.56. The van der Waals surface area contributed by atoms with Crippen molar-refractivity contribution in [2.24, 2.45) is 0 Å². The Morgan fingerprint density at radius 2 is 1.20 bits per heavy atom. The molecule has 35 heavy (non-hydrogen) atoms. The molecular formula is C32H33BO2. The Hall–Kier alpha value is -3.14. The zero-order valence-corrected chi connectivity index (χ0v) is 21.1. The molecule has 0 bridgehead atoms. The molecule has 4 aromatic rings. The van der Waals surface area contributed by atoms with Gasteiger partial charge in [-0.25, -0.2) is 0 Å². The van der Waals surface area contributed by atoms with Crippen LogP contribution in [0.5, 0.6) is 0 Å². The molecule has 1 N–H and O–H groups in total. The molecule has 3 heteroatoms. The molecule has 2 nitrogen and oxygen atoms in total. The summed E-state index contributed by atoms with van der Waals surface area (Å²) in [7, 11) is 0.439. The van der Waals surface area contributed by atoms with Gasteiger partial charge in [0.15, 0.2) is 0 Å². The molecule has 0 saturated carbocycles. The molecular weight excluding hydrogens is 427 g/mol. The van der Waals surface area contributed by atoms with Gasteiger partial charge in [0.1, 0.15) is 0 Å². The zero-order valence-electron chi connectivity index (χ0n) is 21.1. The lowest BCUT2D eigenvalue weighted by Gasteiger charge is -2.37. The molecule has 1 aliphatic carbocycles. The maximum absolute atomic E-state index is 10.6. The van der Waals surface area contributed by atoms with Crippen LogP contribution in [-0.2, 0) is 4.65 Å². The van der Waals surface area contributed by atoms with Crippen LogP contribution >= 0.6 is 0 Å². The molecule has 5 rings (SSSR count). The summed E-state index contributed by atoms with van der Waals surface area (Å²) in [6, 6.07) is 28.2. The third-order valence-corrected chi connectivity index (χ3v) is 7.51. The van der Waals surface area contributed by atoms with E-state index in [0.717, 1.165) is 18.3 Å². The smallest absolute Gasteiger partial charge is 0.309 e. The summed E-state index contributed by atoms with van der Waals surface area (Å²) in [6.07, 6.45) is 6.93. The van der Waals surface area contributed by atoms with E-state index in [0.29, 0.717) is 7.48 Å². The van der Waals surface area contributed by atoms with E-state index in [1.807, 2.05) is 13.8 Å². The van der Waals surface area contributed by atoms with E-state index in [9.17, 15) is 5.11 Å². The van der Waals surface area contributed by atoms with Gasteiger partial charge in [0.25, 0.3) is 0 Å². The molecule has 0 saturated heterocycles. The number of hydrogen-bond donors (Lipinski definition) is 1. The van der Waals surface area contributed by atoms with Crippen molar-refractivity contribution >= 4 is 35.9 Å². The number of fused-ring (bicyclic) bond motifs is 2. The first-order chi connectivity index (χ1) is 16.8. The fourth-order valence-corrected chi connectivity index (χ4v) is 4.82. The van der Waals surface area contributed by atoms with E-state index in [-0.39, 0.29) is 0 Å². The molecule has 0 radical (unpaired) electrons. The van der Waals surface area contributed by atoms with Crippen LogP contribution < -0.4 is 15.9 Å². The van der Waals surface area contributed by atoms with Crippen molar-refractivity contribution < 1.29 is 9.76 Å². The second-order valence-corrected chi connectivity index (χ2v) is 10.5. The van der Waals surface area contributed by atoms with Crippen LogP contribution in [0.3, 0.4) is 0 Å². The SMILES string of the molecule is CC(C)(O)C(C)(C)OBc1ccc2c(-c3ccccc3)c3c(c(-c4ccccc4)c2c1)=CCCC=3. The van der Waals surface area contributed by atoms with E-state index in [1.165, 1.54) is 43.5 Å². The Morgan fingerprint density at radius 1 is 0.686 bits per heavy atom. The van der Waals surface area contributed by atoms with Gasteiger partial charge >= 0.3 is 7.48 Å². The first kappa shape index (κ1) is 23.6. The Bertz CT molecular complexity index is 1480. The Kier molecular flexibility index (Phi) is 6.17. The second-order valence-electron chi connectivity index (χ2n) is 10.5. The summed E-state index contributed by atoms with van der Waals surface area (Å²) < 4.78 is 6.24. The maximum atomic E-state index is 10.6. The highest BCUT2D eigenvalue weighted by Crippen LogP contribution is 2.31. The molecule has 176 valence electrons. The van der Waals surface area contributed by atoms with Crippen LogP contribution in [-0.4, -0.2) is 23.8 Å². The van der Waals surface area contributed by atoms with Gasteiger partial charge in [0.05, 0.1) is 11.2 Å². The number of benzene rings is 4. The van der Waals surface area contributed by atoms with Crippen LogP contribution in [0.4, 0.5) is 0 Å². The molecule has 0 spiro atoms. The molecule has 0 aliphatic heterocycles. The van der Waals surface area contributed by atoms with E-state index < -0.39 is 11.2 Å². The Morgan fingerprint density at radius 3 is 1.71 bits per heavy atom. The molecule has 0 amide bonds. The fourth-order valence-electron chi connectivity index (χ4n) is 4.82. The van der Waals surface area contributed by atoms with Gasteiger partial charge in [-0.15, -0.1) is 0 Å². The number of aliphatic hydroxyl groups is 1. The molecule has 0 atom stereocenters. The van der Waals surface area contributed by atoms with Crippen molar-refractivity contribution in [3.8, 4) is 22.3 Å². The van der Waals surface area contributed by atoms with Crippen molar-refractivity contribution in [3.63, 3.8) is 0 Å². The first-order valence-corrected chi connectivity index (χ1v) is 12.5. The molecule has 0 heterocycles. The van der Waals surface area contributed by atoms with Crippen LogP contribution in [0.1, 0.15) is 40.5 Å². The average Bonchev–Trinajstić information content (AvgIpc) is 2.86. The van der Waals surface area contributed by atoms with Crippen molar-refractivity contribution in [3.05, 3.63) is 89.3 Å². The van der Waals surface area contributed by atoms with Gasteiger partial charge in [-0.05, 0) is 84.0 Å². The first-order valence-electron chi connectivity index (χ1n) is 12.5. The topological polar surface area (TPSA) is 29.5 Å². The monoisotopic (exact) mass is 460 g/mol. The van der Waals surface area contributed by atoms with Gasteiger partial charge in [-0.2, -0.15) is 0 Å². The van der Waals surface area contributed by atoms with E-state index >= 15 is 0 Å². The Balaban J connectivity index is 1.78. The average molecular weight is 460 g/mol. The summed E-state index contributed by atoms with van der Waals surface area (Å²) in [4.78, 5) is 0. The third-order valence-electron chi connectivity index (χ3n) is 7.51. The van der Waals surface area contributed by atoms with E-state index in [2.05, 4.69) is 91.0 Å². The Labute approximate surface area is 208 Å². The normalized spacial score (nSPS) is 13.6. The number of rotatable bonds is 6. The van der Waals surface area contributed by atoms with Gasteiger partial charge in [-0.1, -0.05) is 96.5 Å². The lowest BCUT2D eigenvalue weighted by Crippen LogP contribution is -2.49. The lowest BCUT2D eigenvalue weighted by atomic mass is 9.79. The minimum atomic E-state index is -0.941. The van der Waals surface area contributed by atoms with Gasteiger partial charge in [0, 0.05) is 0 Å². The minimum Gasteiger partial charge on any atom is -0.427 e. The number of hydrogen-bond acceptors (Lipinski definition) is 2. The van der Waals surface area contributed by atoms with Crippen molar-refractivity contribution in [2.45, 2.75) is 51.7 Å². The molecule has 0 unspecified atom stereocenters. The highest BCUT2D eigenvalue weighted by atomic mass is 16.5. The molecule has 1 aliphatic rings. The van der Waals surface area contributed by atoms with E-state index in [4.69, 9.17) is 4.65 Å². The van der Waals surface area contributed by atoms with Gasteiger partial charge in [0.2, 0.25) is 0 Å². The van der Waals surface area contributed by atoms with E-state index in [1.54, 1.807) is 13.8 Å². The van der Waals surface area contributed by atoms with Crippen LogP contribution in [0.15, 0.2) is 78.9 Å². The van der Waals surface area contributed by atoms with Crippen molar-refractivity contribution in [1.29, 1.82) is 0 Å². The summed E-state index contributed by atoms with van der Waals surface area (Å²) in [6.45, 7) is 7.48. The zero-order chi connectivity index (χ0) is 24.6. The highest BCUT2D eigenvalue weighted by molar-refractivity contribution is 6.47. The van der Waals surface area contributed by atoms with Gasteiger partial charge < -0.3 is 9.76 Å². The largest absolute Gasteiger partial charge is 0.427 e. The van der Waals surface area contributed by atoms with Crippen molar-refractivity contribution in [1.82, 2.24) is 0 Å². The third kappa shape index (κ3) is 4.47. The minimum absolute atomic E-state index is 0.439. The van der Waals surface area contributed by atoms with Gasteiger partial charge in [-0.3, -0.25) is 0 Å². The van der Waals surface area contributed by atoms with Crippen LogP contribution in [0.25, 0.3) is 45.2 Å². The van der Waals surface area contributed by atoms with Crippen LogP contribution in [0, 0.1) is 0 Å². The quantitative estimate of drug-likeness (QED) is 0.407. The molecule has 4 aromatic carbocycles. The fraction of sp³-hybridized carbons (Fsp3) is 0.250. The predicted molar refractivity (Wildman–Crippen MR) is 150 cm³/mol. The van der Waals surface area contributed by atoms with Crippen LogP contribution in [0.2, 0.25) is 0 Å². The molecule has 0 fully saturated rings. The standard InChI is InChI=1S/C32H33BO2/c1-31(2,34)32(3,4)35-33-24-19-20-27-28(21-24)30(23-15-9-6-10-16-23)26-18-12-11-17-25(26)29(27)22-13-7-5-8-14-22/h5-10,13-21,33-34H,11-12H2,1-4H3. The molecule has 0 aromatic heterocycles. The lowest BCUT2D eigenvalue weighted by molar-refractivity contribution is -0.0893. The highest BCUT2D eigenvalue weighted by Gasteiger charge is 2.35.